The maximum absolute atomic E-state index is 13.3. The number of rotatable bonds is 5. The number of carbonyl (C=O) groups is 2. The summed E-state index contributed by atoms with van der Waals surface area (Å²) in [5.74, 6) is -0.585. The monoisotopic (exact) mass is 318 g/mol. The molecule has 23 heavy (non-hydrogen) atoms. The van der Waals surface area contributed by atoms with Crippen LogP contribution in [0, 0.1) is 12.7 Å². The minimum atomic E-state index is -0.268. The van der Waals surface area contributed by atoms with Crippen LogP contribution in [0.3, 0.4) is 0 Å². The molecule has 1 aliphatic heterocycles. The Morgan fingerprint density at radius 2 is 2.22 bits per heavy atom. The normalized spacial score (nSPS) is 17.2. The van der Waals surface area contributed by atoms with E-state index in [-0.39, 0.29) is 30.2 Å². The number of hydrogen-bond donors (Lipinski definition) is 0. The first kappa shape index (κ1) is 17.2. The number of aryl methyl sites for hydroxylation is 1. The quantitative estimate of drug-likeness (QED) is 0.783. The Morgan fingerprint density at radius 3 is 2.83 bits per heavy atom. The molecule has 0 bridgehead atoms. The molecule has 0 aromatic heterocycles. The standard InChI is InChI=1S/C18H23FN2O2/c1-4-17(22)20(5-2)12-18(23)21-10-6-7-16(21)15-9-8-14(19)11-13(15)3/h4,8-9,11,16H,1,5-7,10,12H2,2-3H3. The molecule has 0 spiro atoms. The van der Waals surface area contributed by atoms with Gasteiger partial charge in [-0.05, 0) is 56.0 Å². The van der Waals surface area contributed by atoms with E-state index in [0.717, 1.165) is 24.0 Å². The lowest BCUT2D eigenvalue weighted by atomic mass is 9.99. The zero-order valence-electron chi connectivity index (χ0n) is 13.7. The molecule has 1 saturated heterocycles. The highest BCUT2D eigenvalue weighted by atomic mass is 19.1. The van der Waals surface area contributed by atoms with E-state index >= 15 is 0 Å². The van der Waals surface area contributed by atoms with Crippen LogP contribution < -0.4 is 0 Å². The van der Waals surface area contributed by atoms with E-state index < -0.39 is 0 Å². The predicted molar refractivity (Wildman–Crippen MR) is 87.3 cm³/mol. The maximum atomic E-state index is 13.3. The molecule has 2 amide bonds. The summed E-state index contributed by atoms with van der Waals surface area (Å²) in [5.41, 5.74) is 1.83. The molecular weight excluding hydrogens is 295 g/mol. The fraction of sp³-hybridized carbons (Fsp3) is 0.444. The SMILES string of the molecule is C=CC(=O)N(CC)CC(=O)N1CCCC1c1ccc(F)cc1C. The number of hydrogen-bond acceptors (Lipinski definition) is 2. The van der Waals surface area contributed by atoms with Crippen molar-refractivity contribution in [3.63, 3.8) is 0 Å². The summed E-state index contributed by atoms with van der Waals surface area (Å²) in [6, 6.07) is 4.65. The van der Waals surface area contributed by atoms with E-state index in [1.807, 2.05) is 13.8 Å². The third-order valence-electron chi connectivity index (χ3n) is 4.36. The first-order chi connectivity index (χ1) is 11.0. The van der Waals surface area contributed by atoms with Crippen LogP contribution in [-0.4, -0.2) is 41.2 Å². The lowest BCUT2D eigenvalue weighted by Crippen LogP contribution is -2.42. The summed E-state index contributed by atoms with van der Waals surface area (Å²) in [7, 11) is 0. The molecule has 0 radical (unpaired) electrons. The van der Waals surface area contributed by atoms with Gasteiger partial charge in [0.2, 0.25) is 11.8 Å². The number of carbonyl (C=O) groups excluding carboxylic acids is 2. The van der Waals surface area contributed by atoms with Crippen molar-refractivity contribution < 1.29 is 14.0 Å². The second-order valence-electron chi connectivity index (χ2n) is 5.80. The van der Waals surface area contributed by atoms with Crippen LogP contribution >= 0.6 is 0 Å². The average Bonchev–Trinajstić information content (AvgIpc) is 3.01. The van der Waals surface area contributed by atoms with Crippen molar-refractivity contribution in [1.82, 2.24) is 9.80 Å². The molecule has 1 heterocycles. The third kappa shape index (κ3) is 3.78. The molecule has 1 aromatic rings. The average molecular weight is 318 g/mol. The van der Waals surface area contributed by atoms with Crippen LogP contribution in [0.4, 0.5) is 4.39 Å². The summed E-state index contributed by atoms with van der Waals surface area (Å²) in [6.45, 7) is 8.34. The van der Waals surface area contributed by atoms with Crippen LogP contribution in [0.5, 0.6) is 0 Å². The zero-order valence-corrected chi connectivity index (χ0v) is 13.7. The Balaban J connectivity index is 2.16. The van der Waals surface area contributed by atoms with E-state index in [9.17, 15) is 14.0 Å². The van der Waals surface area contributed by atoms with Gasteiger partial charge in [-0.2, -0.15) is 0 Å². The van der Waals surface area contributed by atoms with Crippen molar-refractivity contribution in [3.05, 3.63) is 47.8 Å². The number of likely N-dealkylation sites (N-methyl/N-ethyl adjacent to an activating group) is 1. The lowest BCUT2D eigenvalue weighted by molar-refractivity contribution is -0.138. The molecule has 1 fully saturated rings. The molecule has 1 atom stereocenters. The Morgan fingerprint density at radius 1 is 1.48 bits per heavy atom. The minimum absolute atomic E-state index is 0.0411. The van der Waals surface area contributed by atoms with Crippen molar-refractivity contribution in [2.24, 2.45) is 0 Å². The van der Waals surface area contributed by atoms with Gasteiger partial charge in [0.1, 0.15) is 12.4 Å². The number of nitrogens with zero attached hydrogens (tertiary/aromatic N) is 2. The third-order valence-corrected chi connectivity index (χ3v) is 4.36. The zero-order chi connectivity index (χ0) is 17.0. The van der Waals surface area contributed by atoms with Crippen LogP contribution in [0.15, 0.2) is 30.9 Å². The molecule has 1 aromatic carbocycles. The fourth-order valence-corrected chi connectivity index (χ4v) is 3.13. The molecule has 1 unspecified atom stereocenters. The molecule has 5 heteroatoms. The first-order valence-electron chi connectivity index (χ1n) is 7.94. The van der Waals surface area contributed by atoms with Crippen LogP contribution in [0.1, 0.15) is 36.9 Å². The smallest absolute Gasteiger partial charge is 0.246 e. The molecular formula is C18H23FN2O2. The Labute approximate surface area is 136 Å². The molecule has 0 aliphatic carbocycles. The predicted octanol–water partition coefficient (Wildman–Crippen LogP) is 2.83. The van der Waals surface area contributed by atoms with E-state index in [1.165, 1.54) is 23.1 Å². The number of likely N-dealkylation sites (tertiary alicyclic amines) is 1. The molecule has 2 rings (SSSR count). The van der Waals surface area contributed by atoms with Crippen molar-refractivity contribution in [1.29, 1.82) is 0 Å². The van der Waals surface area contributed by atoms with E-state index in [1.54, 1.807) is 11.0 Å². The van der Waals surface area contributed by atoms with E-state index in [0.29, 0.717) is 13.1 Å². The van der Waals surface area contributed by atoms with E-state index in [4.69, 9.17) is 0 Å². The van der Waals surface area contributed by atoms with Crippen LogP contribution in [0.25, 0.3) is 0 Å². The van der Waals surface area contributed by atoms with Gasteiger partial charge in [-0.3, -0.25) is 9.59 Å². The first-order valence-corrected chi connectivity index (χ1v) is 7.94. The Bertz CT molecular complexity index is 615. The summed E-state index contributed by atoms with van der Waals surface area (Å²) in [4.78, 5) is 27.6. The van der Waals surface area contributed by atoms with Gasteiger partial charge in [-0.1, -0.05) is 12.6 Å². The minimum Gasteiger partial charge on any atom is -0.334 e. The number of amides is 2. The van der Waals surface area contributed by atoms with Crippen molar-refractivity contribution in [2.75, 3.05) is 19.6 Å². The van der Waals surface area contributed by atoms with Gasteiger partial charge in [0.25, 0.3) is 0 Å². The summed E-state index contributed by atoms with van der Waals surface area (Å²) in [5, 5.41) is 0. The molecule has 4 nitrogen and oxygen atoms in total. The van der Waals surface area contributed by atoms with Crippen molar-refractivity contribution in [3.8, 4) is 0 Å². The largest absolute Gasteiger partial charge is 0.334 e. The van der Waals surface area contributed by atoms with Gasteiger partial charge in [0.05, 0.1) is 6.04 Å². The van der Waals surface area contributed by atoms with Crippen LogP contribution in [0.2, 0.25) is 0 Å². The summed E-state index contributed by atoms with van der Waals surface area (Å²) in [6.07, 6.45) is 3.00. The summed E-state index contributed by atoms with van der Waals surface area (Å²) >= 11 is 0. The highest BCUT2D eigenvalue weighted by Gasteiger charge is 2.31. The van der Waals surface area contributed by atoms with E-state index in [2.05, 4.69) is 6.58 Å². The van der Waals surface area contributed by atoms with Crippen molar-refractivity contribution in [2.45, 2.75) is 32.7 Å². The van der Waals surface area contributed by atoms with Gasteiger partial charge in [0.15, 0.2) is 0 Å². The van der Waals surface area contributed by atoms with Gasteiger partial charge < -0.3 is 9.80 Å². The van der Waals surface area contributed by atoms with Gasteiger partial charge in [0, 0.05) is 13.1 Å². The van der Waals surface area contributed by atoms with Gasteiger partial charge in [-0.25, -0.2) is 4.39 Å². The molecule has 0 N–H and O–H groups in total. The number of benzene rings is 1. The second kappa shape index (κ2) is 7.40. The lowest BCUT2D eigenvalue weighted by Gasteiger charge is -2.29. The van der Waals surface area contributed by atoms with Crippen LogP contribution in [-0.2, 0) is 9.59 Å². The second-order valence-corrected chi connectivity index (χ2v) is 5.80. The summed E-state index contributed by atoms with van der Waals surface area (Å²) < 4.78 is 13.3. The Hall–Kier alpha value is -2.17. The fourth-order valence-electron chi connectivity index (χ4n) is 3.13. The molecule has 124 valence electrons. The highest BCUT2D eigenvalue weighted by molar-refractivity contribution is 5.91. The topological polar surface area (TPSA) is 40.6 Å². The van der Waals surface area contributed by atoms with Gasteiger partial charge in [-0.15, -0.1) is 0 Å². The van der Waals surface area contributed by atoms with Crippen molar-refractivity contribution >= 4 is 11.8 Å². The van der Waals surface area contributed by atoms with Gasteiger partial charge >= 0.3 is 0 Å². The molecule has 1 aliphatic rings. The Kier molecular flexibility index (Phi) is 5.53. The highest BCUT2D eigenvalue weighted by Crippen LogP contribution is 2.34. The molecule has 0 saturated carbocycles. The maximum Gasteiger partial charge on any atom is 0.246 e. The number of halogens is 1.